The molecule has 1 fully saturated rings. The molecule has 3 rings (SSSR count). The van der Waals surface area contributed by atoms with Crippen molar-refractivity contribution in [3.63, 3.8) is 0 Å². The maximum absolute atomic E-state index is 5.38. The fourth-order valence-electron chi connectivity index (χ4n) is 2.75. The topological polar surface area (TPSA) is 35.4 Å². The summed E-state index contributed by atoms with van der Waals surface area (Å²) in [4.78, 5) is 0. The Labute approximate surface area is 119 Å². The standard InChI is InChI=1S/C16H22N2O2/c1-19-15-2-3-16-14(10-15)4-7-18(16)8-6-17-11-13-5-9-20-12-13/h2-4,7,10,13,17H,5-6,8-9,11-12H2,1H3. The van der Waals surface area contributed by atoms with E-state index in [0.29, 0.717) is 5.92 Å². The molecule has 2 heterocycles. The zero-order chi connectivity index (χ0) is 13.8. The lowest BCUT2D eigenvalue weighted by atomic mass is 10.1. The predicted molar refractivity (Wildman–Crippen MR) is 80.3 cm³/mol. The summed E-state index contributed by atoms with van der Waals surface area (Å²) in [6.45, 7) is 4.89. The van der Waals surface area contributed by atoms with Crippen molar-refractivity contribution in [2.75, 3.05) is 33.4 Å². The molecule has 0 saturated carbocycles. The van der Waals surface area contributed by atoms with Crippen LogP contribution in [0.4, 0.5) is 0 Å². The summed E-state index contributed by atoms with van der Waals surface area (Å²) >= 11 is 0. The van der Waals surface area contributed by atoms with Gasteiger partial charge in [-0.25, -0.2) is 0 Å². The van der Waals surface area contributed by atoms with E-state index < -0.39 is 0 Å². The molecule has 0 spiro atoms. The maximum Gasteiger partial charge on any atom is 0.119 e. The summed E-state index contributed by atoms with van der Waals surface area (Å²) in [6.07, 6.45) is 3.34. The van der Waals surface area contributed by atoms with E-state index in [1.54, 1.807) is 7.11 Å². The van der Waals surface area contributed by atoms with E-state index in [4.69, 9.17) is 9.47 Å². The molecule has 20 heavy (non-hydrogen) atoms. The molecular weight excluding hydrogens is 252 g/mol. The Balaban J connectivity index is 1.54. The van der Waals surface area contributed by atoms with Crippen LogP contribution in [0.1, 0.15) is 6.42 Å². The summed E-state index contributed by atoms with van der Waals surface area (Å²) in [5.74, 6) is 1.61. The van der Waals surface area contributed by atoms with Crippen molar-refractivity contribution in [1.29, 1.82) is 0 Å². The minimum atomic E-state index is 0.695. The van der Waals surface area contributed by atoms with Gasteiger partial charge in [0.25, 0.3) is 0 Å². The minimum Gasteiger partial charge on any atom is -0.497 e. The lowest BCUT2D eigenvalue weighted by Crippen LogP contribution is -2.26. The number of ether oxygens (including phenoxy) is 2. The third-order valence-corrected chi connectivity index (χ3v) is 3.96. The van der Waals surface area contributed by atoms with Crippen molar-refractivity contribution in [2.24, 2.45) is 5.92 Å². The van der Waals surface area contributed by atoms with E-state index in [1.165, 1.54) is 17.3 Å². The van der Waals surface area contributed by atoms with Crippen LogP contribution in [-0.2, 0) is 11.3 Å². The van der Waals surface area contributed by atoms with Gasteiger partial charge in [-0.2, -0.15) is 0 Å². The van der Waals surface area contributed by atoms with Crippen LogP contribution < -0.4 is 10.1 Å². The average molecular weight is 274 g/mol. The molecule has 0 amide bonds. The molecule has 4 nitrogen and oxygen atoms in total. The zero-order valence-corrected chi connectivity index (χ0v) is 12.0. The Hall–Kier alpha value is -1.52. The number of hydrogen-bond donors (Lipinski definition) is 1. The molecule has 108 valence electrons. The molecule has 1 aliphatic rings. The Morgan fingerprint density at radius 1 is 1.40 bits per heavy atom. The van der Waals surface area contributed by atoms with Gasteiger partial charge in [0.1, 0.15) is 5.75 Å². The van der Waals surface area contributed by atoms with E-state index in [1.807, 2.05) is 6.07 Å². The van der Waals surface area contributed by atoms with Gasteiger partial charge in [0.05, 0.1) is 13.7 Å². The second-order valence-corrected chi connectivity index (χ2v) is 5.37. The second kappa shape index (κ2) is 6.29. The number of rotatable bonds is 6. The predicted octanol–water partition coefficient (Wildman–Crippen LogP) is 2.28. The highest BCUT2D eigenvalue weighted by atomic mass is 16.5. The maximum atomic E-state index is 5.38. The van der Waals surface area contributed by atoms with Crippen LogP contribution >= 0.6 is 0 Å². The summed E-state index contributed by atoms with van der Waals surface area (Å²) in [7, 11) is 1.70. The molecule has 1 aromatic carbocycles. The second-order valence-electron chi connectivity index (χ2n) is 5.37. The van der Waals surface area contributed by atoms with Gasteiger partial charge in [-0.3, -0.25) is 0 Å². The molecule has 2 aromatic rings. The van der Waals surface area contributed by atoms with Gasteiger partial charge >= 0.3 is 0 Å². The summed E-state index contributed by atoms with van der Waals surface area (Å²) in [5, 5.41) is 4.76. The van der Waals surface area contributed by atoms with Crippen molar-refractivity contribution in [2.45, 2.75) is 13.0 Å². The first-order valence-electron chi connectivity index (χ1n) is 7.28. The first-order valence-corrected chi connectivity index (χ1v) is 7.28. The smallest absolute Gasteiger partial charge is 0.119 e. The molecule has 1 N–H and O–H groups in total. The zero-order valence-electron chi connectivity index (χ0n) is 12.0. The quantitative estimate of drug-likeness (QED) is 0.821. The molecule has 1 aromatic heterocycles. The third-order valence-electron chi connectivity index (χ3n) is 3.96. The van der Waals surface area contributed by atoms with Crippen molar-refractivity contribution in [3.05, 3.63) is 30.5 Å². The number of nitrogens with one attached hydrogen (secondary N) is 1. The lowest BCUT2D eigenvalue weighted by Gasteiger charge is -2.10. The van der Waals surface area contributed by atoms with Crippen molar-refractivity contribution in [3.8, 4) is 5.75 Å². The lowest BCUT2D eigenvalue weighted by molar-refractivity contribution is 0.185. The van der Waals surface area contributed by atoms with Gasteiger partial charge in [0, 0.05) is 43.3 Å². The van der Waals surface area contributed by atoms with Crippen LogP contribution in [0.15, 0.2) is 30.5 Å². The number of methoxy groups -OCH3 is 1. The first-order chi connectivity index (χ1) is 9.86. The van der Waals surface area contributed by atoms with Gasteiger partial charge < -0.3 is 19.4 Å². The van der Waals surface area contributed by atoms with Crippen LogP contribution in [0.25, 0.3) is 10.9 Å². The number of benzene rings is 1. The van der Waals surface area contributed by atoms with E-state index in [9.17, 15) is 0 Å². The highest BCUT2D eigenvalue weighted by Gasteiger charge is 2.14. The average Bonchev–Trinajstić information content (AvgIpc) is 3.12. The van der Waals surface area contributed by atoms with Crippen LogP contribution in [-0.4, -0.2) is 38.0 Å². The van der Waals surface area contributed by atoms with Gasteiger partial charge in [-0.1, -0.05) is 0 Å². The van der Waals surface area contributed by atoms with Crippen LogP contribution in [0.2, 0.25) is 0 Å². The van der Waals surface area contributed by atoms with Crippen molar-refractivity contribution < 1.29 is 9.47 Å². The van der Waals surface area contributed by atoms with E-state index >= 15 is 0 Å². The fourth-order valence-corrected chi connectivity index (χ4v) is 2.75. The molecular formula is C16H22N2O2. The number of fused-ring (bicyclic) bond motifs is 1. The SMILES string of the molecule is COc1ccc2c(ccn2CCNCC2CCOC2)c1. The molecule has 0 aliphatic carbocycles. The minimum absolute atomic E-state index is 0.695. The number of aromatic nitrogens is 1. The summed E-state index contributed by atoms with van der Waals surface area (Å²) < 4.78 is 12.9. The Bertz CT molecular complexity index is 559. The van der Waals surface area contributed by atoms with Crippen molar-refractivity contribution in [1.82, 2.24) is 9.88 Å². The summed E-state index contributed by atoms with van der Waals surface area (Å²) in [5.41, 5.74) is 1.26. The normalized spacial score (nSPS) is 18.8. The molecule has 1 aliphatic heterocycles. The molecule has 1 unspecified atom stereocenters. The van der Waals surface area contributed by atoms with Gasteiger partial charge in [0.15, 0.2) is 0 Å². The Morgan fingerprint density at radius 2 is 2.35 bits per heavy atom. The highest BCUT2D eigenvalue weighted by molar-refractivity contribution is 5.81. The van der Waals surface area contributed by atoms with E-state index in [-0.39, 0.29) is 0 Å². The van der Waals surface area contributed by atoms with Crippen LogP contribution in [0.3, 0.4) is 0 Å². The molecule has 4 heteroatoms. The molecule has 0 bridgehead atoms. The third kappa shape index (κ3) is 2.97. The molecule has 1 atom stereocenters. The van der Waals surface area contributed by atoms with E-state index in [2.05, 4.69) is 34.3 Å². The van der Waals surface area contributed by atoms with Crippen molar-refractivity contribution >= 4 is 10.9 Å². The van der Waals surface area contributed by atoms with Crippen LogP contribution in [0, 0.1) is 5.92 Å². The Kier molecular flexibility index (Phi) is 4.23. The van der Waals surface area contributed by atoms with Gasteiger partial charge in [-0.15, -0.1) is 0 Å². The van der Waals surface area contributed by atoms with Gasteiger partial charge in [-0.05, 0) is 36.6 Å². The molecule has 0 radical (unpaired) electrons. The largest absolute Gasteiger partial charge is 0.497 e. The highest BCUT2D eigenvalue weighted by Crippen LogP contribution is 2.21. The first kappa shape index (κ1) is 13.5. The number of hydrogen-bond acceptors (Lipinski definition) is 3. The van der Waals surface area contributed by atoms with Gasteiger partial charge in [0.2, 0.25) is 0 Å². The molecule has 1 saturated heterocycles. The fraction of sp³-hybridized carbons (Fsp3) is 0.500. The summed E-state index contributed by atoms with van der Waals surface area (Å²) in [6, 6.07) is 8.36. The number of nitrogens with zero attached hydrogens (tertiary/aromatic N) is 1. The monoisotopic (exact) mass is 274 g/mol. The van der Waals surface area contributed by atoms with E-state index in [0.717, 1.165) is 38.6 Å². The Morgan fingerprint density at radius 3 is 3.15 bits per heavy atom. The van der Waals surface area contributed by atoms with Crippen LogP contribution in [0.5, 0.6) is 5.75 Å².